The van der Waals surface area contributed by atoms with Gasteiger partial charge in [0.1, 0.15) is 5.75 Å². The summed E-state index contributed by atoms with van der Waals surface area (Å²) in [5, 5.41) is 10.7. The van der Waals surface area contributed by atoms with Gasteiger partial charge in [-0.05, 0) is 31.4 Å². The minimum atomic E-state index is -0.175. The lowest BCUT2D eigenvalue weighted by Gasteiger charge is -2.23. The molecule has 3 unspecified atom stereocenters. The lowest BCUT2D eigenvalue weighted by Crippen LogP contribution is -2.49. The number of aromatic nitrogens is 2. The van der Waals surface area contributed by atoms with E-state index in [1.165, 1.54) is 4.68 Å². The van der Waals surface area contributed by atoms with Crippen molar-refractivity contribution in [2.75, 3.05) is 13.7 Å². The molecule has 23 heavy (non-hydrogen) atoms. The number of nitrogens with zero attached hydrogens (tertiary/aromatic N) is 2. The molecule has 2 N–H and O–H groups in total. The van der Waals surface area contributed by atoms with Crippen LogP contribution < -0.4 is 15.4 Å². The Kier molecular flexibility index (Phi) is 3.53. The van der Waals surface area contributed by atoms with E-state index < -0.39 is 0 Å². The van der Waals surface area contributed by atoms with Crippen molar-refractivity contribution in [1.82, 2.24) is 20.4 Å². The molecule has 1 amide bonds. The van der Waals surface area contributed by atoms with Crippen molar-refractivity contribution in [3.8, 4) is 16.9 Å². The van der Waals surface area contributed by atoms with Gasteiger partial charge in [0.05, 0.1) is 13.3 Å². The minimum absolute atomic E-state index is 0.175. The molecule has 0 radical (unpaired) electrons. The standard InChI is InChI=1S/C17H20N4O2/c1-23-16-5-3-2-4-13(16)12-9-19-21(10-12)17(22)20-15-7-11-6-14(15)18-8-11/h2-5,9-11,14-15,18H,6-8H2,1H3,(H,20,22). The summed E-state index contributed by atoms with van der Waals surface area (Å²) >= 11 is 0. The summed E-state index contributed by atoms with van der Waals surface area (Å²) in [4.78, 5) is 12.4. The van der Waals surface area contributed by atoms with Crippen LogP contribution in [0.1, 0.15) is 12.8 Å². The highest BCUT2D eigenvalue weighted by atomic mass is 16.5. The van der Waals surface area contributed by atoms with Crippen molar-refractivity contribution < 1.29 is 9.53 Å². The minimum Gasteiger partial charge on any atom is -0.496 e. The quantitative estimate of drug-likeness (QED) is 0.908. The molecule has 2 fully saturated rings. The molecule has 120 valence electrons. The van der Waals surface area contributed by atoms with Gasteiger partial charge in [0.15, 0.2) is 0 Å². The van der Waals surface area contributed by atoms with Crippen LogP contribution in [0.4, 0.5) is 4.79 Å². The van der Waals surface area contributed by atoms with Gasteiger partial charge < -0.3 is 15.4 Å². The van der Waals surface area contributed by atoms with Crippen LogP contribution in [-0.4, -0.2) is 41.5 Å². The van der Waals surface area contributed by atoms with E-state index in [1.54, 1.807) is 19.5 Å². The Morgan fingerprint density at radius 1 is 1.39 bits per heavy atom. The summed E-state index contributed by atoms with van der Waals surface area (Å²) in [7, 11) is 1.64. The number of nitrogens with one attached hydrogen (secondary N) is 2. The normalized spacial score (nSPS) is 25.5. The van der Waals surface area contributed by atoms with Crippen LogP contribution in [0.5, 0.6) is 5.75 Å². The third-order valence-corrected chi connectivity index (χ3v) is 4.85. The highest BCUT2D eigenvalue weighted by molar-refractivity contribution is 5.78. The first-order valence-electron chi connectivity index (χ1n) is 7.97. The predicted octanol–water partition coefficient (Wildman–Crippen LogP) is 1.87. The summed E-state index contributed by atoms with van der Waals surface area (Å²) < 4.78 is 6.73. The molecular weight excluding hydrogens is 292 g/mol. The highest BCUT2D eigenvalue weighted by Gasteiger charge is 2.40. The summed E-state index contributed by atoms with van der Waals surface area (Å²) in [6.07, 6.45) is 5.66. The molecule has 1 saturated carbocycles. The zero-order valence-electron chi connectivity index (χ0n) is 13.0. The molecule has 2 bridgehead atoms. The topological polar surface area (TPSA) is 68.2 Å². The molecule has 1 aromatic carbocycles. The average molecular weight is 312 g/mol. The maximum atomic E-state index is 12.4. The Hall–Kier alpha value is -2.34. The van der Waals surface area contributed by atoms with Gasteiger partial charge in [-0.3, -0.25) is 0 Å². The number of methoxy groups -OCH3 is 1. The number of piperidine rings is 1. The summed E-state index contributed by atoms with van der Waals surface area (Å²) in [5.74, 6) is 1.47. The van der Waals surface area contributed by atoms with Crippen LogP contribution >= 0.6 is 0 Å². The third-order valence-electron chi connectivity index (χ3n) is 4.85. The lowest BCUT2D eigenvalue weighted by molar-refractivity contribution is 0.231. The van der Waals surface area contributed by atoms with Crippen molar-refractivity contribution in [3.63, 3.8) is 0 Å². The lowest BCUT2D eigenvalue weighted by atomic mass is 10.1. The van der Waals surface area contributed by atoms with Crippen molar-refractivity contribution >= 4 is 6.03 Å². The Morgan fingerprint density at radius 3 is 3.00 bits per heavy atom. The second-order valence-corrected chi connectivity index (χ2v) is 6.28. The SMILES string of the molecule is COc1ccccc1-c1cnn(C(=O)NC2CC3CNC2C3)c1. The highest BCUT2D eigenvalue weighted by Crippen LogP contribution is 2.31. The van der Waals surface area contributed by atoms with Crippen LogP contribution in [0.25, 0.3) is 11.1 Å². The van der Waals surface area contributed by atoms with Crippen molar-refractivity contribution in [2.45, 2.75) is 24.9 Å². The second-order valence-electron chi connectivity index (χ2n) is 6.28. The molecule has 2 aromatic rings. The van der Waals surface area contributed by atoms with E-state index in [-0.39, 0.29) is 12.1 Å². The first-order chi connectivity index (χ1) is 11.2. The van der Waals surface area contributed by atoms with E-state index in [0.717, 1.165) is 36.3 Å². The maximum absolute atomic E-state index is 12.4. The number of amides is 1. The maximum Gasteiger partial charge on any atom is 0.342 e. The van der Waals surface area contributed by atoms with Gasteiger partial charge in [-0.15, -0.1) is 0 Å². The molecule has 6 nitrogen and oxygen atoms in total. The number of carbonyl (C=O) groups excluding carboxylic acids is 1. The molecule has 1 aliphatic carbocycles. The van der Waals surface area contributed by atoms with Crippen LogP contribution in [0.15, 0.2) is 36.7 Å². The third kappa shape index (κ3) is 2.59. The van der Waals surface area contributed by atoms with E-state index in [2.05, 4.69) is 15.7 Å². The van der Waals surface area contributed by atoms with Gasteiger partial charge >= 0.3 is 6.03 Å². The Labute approximate surface area is 134 Å². The number of hydrogen-bond donors (Lipinski definition) is 2. The Bertz CT molecular complexity index is 727. The molecule has 6 heteroatoms. The first-order valence-corrected chi connectivity index (χ1v) is 7.97. The molecule has 0 spiro atoms. The zero-order valence-corrected chi connectivity index (χ0v) is 13.0. The van der Waals surface area contributed by atoms with Crippen LogP contribution in [-0.2, 0) is 0 Å². The van der Waals surface area contributed by atoms with E-state index >= 15 is 0 Å². The molecule has 2 aliphatic rings. The summed E-state index contributed by atoms with van der Waals surface area (Å²) in [5.41, 5.74) is 1.79. The van der Waals surface area contributed by atoms with Gasteiger partial charge in [-0.25, -0.2) is 4.79 Å². The molecule has 4 rings (SSSR count). The molecular formula is C17H20N4O2. The van der Waals surface area contributed by atoms with E-state index in [1.807, 2.05) is 24.3 Å². The number of carbonyl (C=O) groups is 1. The van der Waals surface area contributed by atoms with Crippen LogP contribution in [0.3, 0.4) is 0 Å². The number of para-hydroxylation sites is 1. The molecule has 1 aliphatic heterocycles. The number of fused-ring (bicyclic) bond motifs is 2. The van der Waals surface area contributed by atoms with Gasteiger partial charge in [0.2, 0.25) is 0 Å². The largest absolute Gasteiger partial charge is 0.496 e. The van der Waals surface area contributed by atoms with Gasteiger partial charge in [-0.2, -0.15) is 9.78 Å². The van der Waals surface area contributed by atoms with E-state index in [0.29, 0.717) is 12.0 Å². The van der Waals surface area contributed by atoms with Crippen molar-refractivity contribution in [3.05, 3.63) is 36.7 Å². The van der Waals surface area contributed by atoms with Crippen molar-refractivity contribution in [2.24, 2.45) is 5.92 Å². The van der Waals surface area contributed by atoms with Crippen LogP contribution in [0, 0.1) is 5.92 Å². The van der Waals surface area contributed by atoms with Gasteiger partial charge in [0, 0.05) is 29.4 Å². The Morgan fingerprint density at radius 2 is 2.26 bits per heavy atom. The smallest absolute Gasteiger partial charge is 0.342 e. The second kappa shape index (κ2) is 5.70. The zero-order chi connectivity index (χ0) is 15.8. The number of hydrogen-bond acceptors (Lipinski definition) is 4. The van der Waals surface area contributed by atoms with E-state index in [9.17, 15) is 4.79 Å². The summed E-state index contributed by atoms with van der Waals surface area (Å²) in [6.45, 7) is 1.08. The predicted molar refractivity (Wildman–Crippen MR) is 86.4 cm³/mol. The van der Waals surface area contributed by atoms with Gasteiger partial charge in [-0.1, -0.05) is 18.2 Å². The molecule has 1 aromatic heterocycles. The van der Waals surface area contributed by atoms with Crippen LogP contribution in [0.2, 0.25) is 0 Å². The molecule has 2 heterocycles. The molecule has 1 saturated heterocycles. The monoisotopic (exact) mass is 312 g/mol. The summed E-state index contributed by atoms with van der Waals surface area (Å²) in [6, 6.07) is 8.16. The number of benzene rings is 1. The fraction of sp³-hybridized carbons (Fsp3) is 0.412. The number of rotatable bonds is 3. The first kappa shape index (κ1) is 14.3. The number of ether oxygens (including phenoxy) is 1. The van der Waals surface area contributed by atoms with Gasteiger partial charge in [0.25, 0.3) is 0 Å². The Balaban J connectivity index is 1.50. The van der Waals surface area contributed by atoms with E-state index in [4.69, 9.17) is 4.74 Å². The fourth-order valence-corrected chi connectivity index (χ4v) is 3.69. The fourth-order valence-electron chi connectivity index (χ4n) is 3.69. The molecule has 3 atom stereocenters. The average Bonchev–Trinajstić information content (AvgIpc) is 3.31. The van der Waals surface area contributed by atoms with Crippen molar-refractivity contribution in [1.29, 1.82) is 0 Å².